The van der Waals surface area contributed by atoms with Crippen LogP contribution in [0, 0.1) is 0 Å². The van der Waals surface area contributed by atoms with Gasteiger partial charge in [-0.15, -0.1) is 0 Å². The van der Waals surface area contributed by atoms with Gasteiger partial charge in [-0.2, -0.15) is 0 Å². The molecular formula is C38H22. The molecule has 0 spiro atoms. The molecule has 38 heavy (non-hydrogen) atoms. The van der Waals surface area contributed by atoms with E-state index in [1.165, 1.54) is 88.3 Å². The van der Waals surface area contributed by atoms with Crippen molar-refractivity contribution >= 4 is 21.5 Å². The van der Waals surface area contributed by atoms with Gasteiger partial charge in [0.1, 0.15) is 0 Å². The summed E-state index contributed by atoms with van der Waals surface area (Å²) < 4.78 is 0. The van der Waals surface area contributed by atoms with Crippen LogP contribution in [0.2, 0.25) is 0 Å². The lowest BCUT2D eigenvalue weighted by molar-refractivity contribution is 1.62. The van der Waals surface area contributed by atoms with Crippen molar-refractivity contribution in [2.45, 2.75) is 0 Å². The molecule has 0 bridgehead atoms. The summed E-state index contributed by atoms with van der Waals surface area (Å²) in [5.41, 5.74) is 16.0. The molecule has 174 valence electrons. The summed E-state index contributed by atoms with van der Waals surface area (Å²) in [4.78, 5) is 0. The Morgan fingerprint density at radius 3 is 1.08 bits per heavy atom. The van der Waals surface area contributed by atoms with E-state index >= 15 is 0 Å². The molecule has 2 aliphatic carbocycles. The fourth-order valence-corrected chi connectivity index (χ4v) is 7.10. The molecule has 0 aromatic heterocycles. The second-order valence-electron chi connectivity index (χ2n) is 10.4. The van der Waals surface area contributed by atoms with Crippen molar-refractivity contribution in [3.05, 3.63) is 133 Å². The van der Waals surface area contributed by atoms with E-state index in [0.29, 0.717) is 0 Å². The lowest BCUT2D eigenvalue weighted by Gasteiger charge is -2.20. The Labute approximate surface area is 221 Å². The van der Waals surface area contributed by atoms with Crippen LogP contribution in [0.15, 0.2) is 133 Å². The normalized spacial score (nSPS) is 12.2. The molecule has 0 fully saturated rings. The largest absolute Gasteiger partial charge is 0.0622 e. The minimum atomic E-state index is 1.27. The average molecular weight is 479 g/mol. The van der Waals surface area contributed by atoms with Crippen LogP contribution in [0.4, 0.5) is 0 Å². The molecule has 2 aliphatic rings. The minimum absolute atomic E-state index is 1.27. The second kappa shape index (κ2) is 7.31. The highest BCUT2D eigenvalue weighted by Gasteiger charge is 2.33. The lowest BCUT2D eigenvalue weighted by Crippen LogP contribution is -1.93. The molecule has 0 saturated heterocycles. The summed E-state index contributed by atoms with van der Waals surface area (Å²) in [6.07, 6.45) is 0. The third-order valence-corrected chi connectivity index (χ3v) is 8.55. The molecular weight excluding hydrogens is 456 g/mol. The van der Waals surface area contributed by atoms with Gasteiger partial charge < -0.3 is 0 Å². The topological polar surface area (TPSA) is 0 Å². The maximum atomic E-state index is 2.38. The van der Waals surface area contributed by atoms with E-state index in [-0.39, 0.29) is 0 Å². The average Bonchev–Trinajstić information content (AvgIpc) is 3.49. The first-order chi connectivity index (χ1) is 18.9. The van der Waals surface area contributed by atoms with Crippen molar-refractivity contribution in [1.29, 1.82) is 0 Å². The van der Waals surface area contributed by atoms with Crippen molar-refractivity contribution in [3.63, 3.8) is 0 Å². The molecule has 0 heterocycles. The molecule has 9 rings (SSSR count). The van der Waals surface area contributed by atoms with Gasteiger partial charge in [-0.05, 0) is 88.3 Å². The fraction of sp³-hybridized carbons (Fsp3) is 0. The highest BCUT2D eigenvalue weighted by Crippen LogP contribution is 2.61. The van der Waals surface area contributed by atoms with Gasteiger partial charge in [-0.25, -0.2) is 0 Å². The van der Waals surface area contributed by atoms with E-state index in [1.54, 1.807) is 0 Å². The maximum absolute atomic E-state index is 2.38. The van der Waals surface area contributed by atoms with Gasteiger partial charge in [0, 0.05) is 0 Å². The molecule has 0 radical (unpaired) electrons. The highest BCUT2D eigenvalue weighted by molar-refractivity contribution is 6.32. The zero-order chi connectivity index (χ0) is 24.8. The number of hydrogen-bond acceptors (Lipinski definition) is 0. The Bertz CT molecular complexity index is 1950. The molecule has 0 heteroatoms. The third kappa shape index (κ3) is 2.45. The molecule has 0 saturated carbocycles. The van der Waals surface area contributed by atoms with Crippen LogP contribution in [-0.4, -0.2) is 0 Å². The summed E-state index contributed by atoms with van der Waals surface area (Å²) >= 11 is 0. The summed E-state index contributed by atoms with van der Waals surface area (Å²) in [7, 11) is 0. The molecule has 7 aromatic carbocycles. The summed E-state index contributed by atoms with van der Waals surface area (Å²) in [5, 5.41) is 5.41. The minimum Gasteiger partial charge on any atom is -0.0622 e. The van der Waals surface area contributed by atoms with Crippen molar-refractivity contribution in [1.82, 2.24) is 0 Å². The molecule has 0 atom stereocenters. The molecule has 0 N–H and O–H groups in total. The van der Waals surface area contributed by atoms with E-state index in [2.05, 4.69) is 133 Å². The standard InChI is InChI=1S/C38H22/c1-3-11-23(12-4-1)33-27-17-9-10-18-28(27)34(24-13-5-2-6-14-24)38-32-22-20-30-26-16-8-7-15-25(26)29-19-21-31(37(33)38)36(32)35(29)30/h1-22H. The Morgan fingerprint density at radius 1 is 0.237 bits per heavy atom. The first-order valence-electron chi connectivity index (χ1n) is 13.3. The summed E-state index contributed by atoms with van der Waals surface area (Å²) in [6, 6.07) is 49.2. The maximum Gasteiger partial charge on any atom is -0.000740 e. The van der Waals surface area contributed by atoms with Crippen LogP contribution in [0.3, 0.4) is 0 Å². The van der Waals surface area contributed by atoms with Gasteiger partial charge in [0.25, 0.3) is 0 Å². The van der Waals surface area contributed by atoms with Crippen molar-refractivity contribution < 1.29 is 0 Å². The second-order valence-corrected chi connectivity index (χ2v) is 10.4. The SMILES string of the molecule is c1ccc(-c2c3c(c(-c4ccccc4)c4ccccc24)-c2ccc4c5c(ccc-3c25)-c2ccccc2-4)cc1. The smallest absolute Gasteiger partial charge is 0.000740 e. The summed E-state index contributed by atoms with van der Waals surface area (Å²) in [5.74, 6) is 0. The Kier molecular flexibility index (Phi) is 3.88. The van der Waals surface area contributed by atoms with Gasteiger partial charge in [-0.3, -0.25) is 0 Å². The Hall–Kier alpha value is -4.94. The fourth-order valence-electron chi connectivity index (χ4n) is 7.10. The van der Waals surface area contributed by atoms with E-state index in [9.17, 15) is 0 Å². The lowest BCUT2D eigenvalue weighted by atomic mass is 9.82. The third-order valence-electron chi connectivity index (χ3n) is 8.55. The Balaban J connectivity index is 1.53. The van der Waals surface area contributed by atoms with Crippen LogP contribution >= 0.6 is 0 Å². The van der Waals surface area contributed by atoms with Gasteiger partial charge >= 0.3 is 0 Å². The van der Waals surface area contributed by atoms with Crippen molar-refractivity contribution in [2.75, 3.05) is 0 Å². The molecule has 0 unspecified atom stereocenters. The van der Waals surface area contributed by atoms with Crippen LogP contribution in [0.1, 0.15) is 0 Å². The number of fused-ring (bicyclic) bond motifs is 7. The zero-order valence-corrected chi connectivity index (χ0v) is 20.7. The zero-order valence-electron chi connectivity index (χ0n) is 20.7. The van der Waals surface area contributed by atoms with Crippen molar-refractivity contribution in [2.24, 2.45) is 0 Å². The number of rotatable bonds is 2. The van der Waals surface area contributed by atoms with E-state index in [0.717, 1.165) is 0 Å². The predicted molar refractivity (Wildman–Crippen MR) is 161 cm³/mol. The number of hydrogen-bond donors (Lipinski definition) is 0. The van der Waals surface area contributed by atoms with E-state index in [4.69, 9.17) is 0 Å². The van der Waals surface area contributed by atoms with Crippen LogP contribution in [0.5, 0.6) is 0 Å². The summed E-state index contributed by atoms with van der Waals surface area (Å²) in [6.45, 7) is 0. The van der Waals surface area contributed by atoms with Gasteiger partial charge in [0.05, 0.1) is 0 Å². The molecule has 0 amide bonds. The monoisotopic (exact) mass is 478 g/mol. The van der Waals surface area contributed by atoms with E-state index in [1.807, 2.05) is 0 Å². The first-order valence-corrected chi connectivity index (χ1v) is 13.3. The Morgan fingerprint density at radius 2 is 0.605 bits per heavy atom. The van der Waals surface area contributed by atoms with Gasteiger partial charge in [0.15, 0.2) is 0 Å². The van der Waals surface area contributed by atoms with Gasteiger partial charge in [0.2, 0.25) is 0 Å². The quantitative estimate of drug-likeness (QED) is 0.232. The van der Waals surface area contributed by atoms with Crippen LogP contribution in [-0.2, 0) is 0 Å². The van der Waals surface area contributed by atoms with Crippen LogP contribution < -0.4 is 0 Å². The molecule has 0 aliphatic heterocycles. The van der Waals surface area contributed by atoms with Crippen molar-refractivity contribution in [3.8, 4) is 66.8 Å². The first kappa shape index (κ1) is 20.2. The molecule has 0 nitrogen and oxygen atoms in total. The van der Waals surface area contributed by atoms with Gasteiger partial charge in [-0.1, -0.05) is 133 Å². The molecule has 7 aromatic rings. The van der Waals surface area contributed by atoms with Crippen LogP contribution in [0.25, 0.3) is 88.3 Å². The number of benzene rings is 7. The van der Waals surface area contributed by atoms with E-state index < -0.39 is 0 Å². The highest BCUT2D eigenvalue weighted by atomic mass is 14.4. The predicted octanol–water partition coefficient (Wildman–Crippen LogP) is 10.6.